The largest absolute Gasteiger partial charge is 0.481 e. The summed E-state index contributed by atoms with van der Waals surface area (Å²) in [4.78, 5) is 28.6. The molecule has 0 aromatic carbocycles. The molecule has 0 amide bonds. The number of carboxylic acids is 1. The van der Waals surface area contributed by atoms with Crippen LogP contribution in [-0.2, 0) is 4.79 Å². The first kappa shape index (κ1) is 12.8. The molecule has 0 bridgehead atoms. The van der Waals surface area contributed by atoms with Crippen LogP contribution in [0.3, 0.4) is 0 Å². The molecule has 0 saturated carbocycles. The summed E-state index contributed by atoms with van der Waals surface area (Å²) >= 11 is 1.26. The van der Waals surface area contributed by atoms with Gasteiger partial charge in [-0.05, 0) is 6.92 Å². The number of thioether (sulfide) groups is 1. The first-order valence-corrected chi connectivity index (χ1v) is 5.75. The van der Waals surface area contributed by atoms with Crippen LogP contribution in [0, 0.1) is 12.8 Å². The summed E-state index contributed by atoms with van der Waals surface area (Å²) in [5, 5.41) is 9.15. The maximum Gasteiger partial charge on any atom is 0.307 e. The molecule has 88 valence electrons. The number of H-pyrrole nitrogens is 1. The minimum Gasteiger partial charge on any atom is -0.481 e. The van der Waals surface area contributed by atoms with Crippen molar-refractivity contribution in [2.45, 2.75) is 31.2 Å². The molecule has 2 atom stereocenters. The lowest BCUT2D eigenvalue weighted by Crippen LogP contribution is -2.21. The highest BCUT2D eigenvalue weighted by atomic mass is 32.2. The average Bonchev–Trinajstić information content (AvgIpc) is 2.14. The smallest absolute Gasteiger partial charge is 0.307 e. The highest BCUT2D eigenvalue weighted by Gasteiger charge is 2.21. The number of aromatic amines is 1. The first-order chi connectivity index (χ1) is 7.40. The Balaban J connectivity index is 2.80. The number of hydrogen-bond donors (Lipinski definition) is 2. The van der Waals surface area contributed by atoms with Crippen LogP contribution >= 0.6 is 11.8 Å². The van der Waals surface area contributed by atoms with Crippen LogP contribution in [0.2, 0.25) is 0 Å². The molecule has 1 aromatic rings. The molecule has 2 N–H and O–H groups in total. The molecule has 2 unspecified atom stereocenters. The number of rotatable bonds is 4. The number of carboxylic acid groups (broad SMARTS) is 1. The van der Waals surface area contributed by atoms with Crippen LogP contribution in [0.25, 0.3) is 0 Å². The number of nitrogens with zero attached hydrogens (tertiary/aromatic N) is 1. The van der Waals surface area contributed by atoms with Crippen LogP contribution in [0.5, 0.6) is 0 Å². The molecule has 0 aliphatic rings. The third-order valence-corrected chi connectivity index (χ3v) is 3.44. The van der Waals surface area contributed by atoms with Crippen molar-refractivity contribution in [3.05, 3.63) is 22.1 Å². The van der Waals surface area contributed by atoms with Crippen molar-refractivity contribution in [1.82, 2.24) is 9.97 Å². The second kappa shape index (κ2) is 5.16. The van der Waals surface area contributed by atoms with Gasteiger partial charge in [-0.15, -0.1) is 0 Å². The number of hydrogen-bond acceptors (Lipinski definition) is 4. The fourth-order valence-corrected chi connectivity index (χ4v) is 2.12. The molecular weight excluding hydrogens is 228 g/mol. The molecule has 1 rings (SSSR count). The van der Waals surface area contributed by atoms with E-state index in [1.54, 1.807) is 20.8 Å². The second-order valence-electron chi connectivity index (χ2n) is 3.64. The van der Waals surface area contributed by atoms with E-state index in [0.717, 1.165) is 0 Å². The van der Waals surface area contributed by atoms with Gasteiger partial charge < -0.3 is 10.1 Å². The van der Waals surface area contributed by atoms with E-state index < -0.39 is 11.9 Å². The maximum absolute atomic E-state index is 11.2. The van der Waals surface area contributed by atoms with E-state index in [1.165, 1.54) is 17.8 Å². The molecule has 5 nitrogen and oxygen atoms in total. The van der Waals surface area contributed by atoms with Crippen molar-refractivity contribution >= 4 is 17.7 Å². The topological polar surface area (TPSA) is 83.0 Å². The summed E-state index contributed by atoms with van der Waals surface area (Å²) in [6.07, 6.45) is 0. The summed E-state index contributed by atoms with van der Waals surface area (Å²) in [5.41, 5.74) is 0.409. The number of carbonyl (C=O) groups is 1. The normalized spacial score (nSPS) is 14.4. The van der Waals surface area contributed by atoms with E-state index in [1.807, 2.05) is 0 Å². The fourth-order valence-electron chi connectivity index (χ4n) is 1.09. The third-order valence-electron chi connectivity index (χ3n) is 2.24. The molecule has 6 heteroatoms. The van der Waals surface area contributed by atoms with Crippen molar-refractivity contribution in [2.24, 2.45) is 5.92 Å². The van der Waals surface area contributed by atoms with Gasteiger partial charge >= 0.3 is 5.97 Å². The summed E-state index contributed by atoms with van der Waals surface area (Å²) in [5.74, 6) is -1.34. The molecule has 16 heavy (non-hydrogen) atoms. The van der Waals surface area contributed by atoms with E-state index in [-0.39, 0.29) is 10.8 Å². The van der Waals surface area contributed by atoms with Crippen molar-refractivity contribution in [3.8, 4) is 0 Å². The van der Waals surface area contributed by atoms with Crippen LogP contribution in [0.1, 0.15) is 19.5 Å². The Hall–Kier alpha value is -1.30. The van der Waals surface area contributed by atoms with E-state index in [0.29, 0.717) is 10.9 Å². The predicted molar refractivity (Wildman–Crippen MR) is 61.7 cm³/mol. The molecule has 0 spiro atoms. The molecule has 0 aliphatic carbocycles. The van der Waals surface area contributed by atoms with Gasteiger partial charge in [0, 0.05) is 17.0 Å². The van der Waals surface area contributed by atoms with Crippen molar-refractivity contribution in [2.75, 3.05) is 0 Å². The molecule has 1 aromatic heterocycles. The number of nitrogens with one attached hydrogen (secondary N) is 1. The van der Waals surface area contributed by atoms with Crippen LogP contribution in [0.4, 0.5) is 0 Å². The van der Waals surface area contributed by atoms with E-state index in [4.69, 9.17) is 5.11 Å². The summed E-state index contributed by atoms with van der Waals surface area (Å²) in [7, 11) is 0. The summed E-state index contributed by atoms with van der Waals surface area (Å²) in [6.45, 7) is 5.16. The zero-order valence-corrected chi connectivity index (χ0v) is 10.2. The molecule has 0 aliphatic heterocycles. The van der Waals surface area contributed by atoms with Crippen molar-refractivity contribution in [3.63, 3.8) is 0 Å². The molecule has 0 radical (unpaired) electrons. The number of aliphatic carboxylic acids is 1. The van der Waals surface area contributed by atoms with Gasteiger partial charge in [-0.3, -0.25) is 9.59 Å². The Kier molecular flexibility index (Phi) is 4.12. The number of aromatic nitrogens is 2. The fraction of sp³-hybridized carbons (Fsp3) is 0.500. The predicted octanol–water partition coefficient (Wildman–Crippen LogP) is 1.28. The Morgan fingerprint density at radius 2 is 2.19 bits per heavy atom. The first-order valence-electron chi connectivity index (χ1n) is 4.87. The highest BCUT2D eigenvalue weighted by molar-refractivity contribution is 7.99. The lowest BCUT2D eigenvalue weighted by molar-refractivity contribution is -0.140. The lowest BCUT2D eigenvalue weighted by Gasteiger charge is -2.14. The van der Waals surface area contributed by atoms with Crippen LogP contribution in [-0.4, -0.2) is 26.3 Å². The maximum atomic E-state index is 11.2. The van der Waals surface area contributed by atoms with Gasteiger partial charge in [-0.1, -0.05) is 25.6 Å². The van der Waals surface area contributed by atoms with E-state index in [9.17, 15) is 9.59 Å². The summed E-state index contributed by atoms with van der Waals surface area (Å²) in [6, 6.07) is 1.40. The Morgan fingerprint density at radius 1 is 1.56 bits per heavy atom. The Bertz CT molecular complexity index is 444. The highest BCUT2D eigenvalue weighted by Crippen LogP contribution is 2.24. The van der Waals surface area contributed by atoms with Gasteiger partial charge in [0.2, 0.25) is 0 Å². The van der Waals surface area contributed by atoms with Gasteiger partial charge in [-0.2, -0.15) is 0 Å². The van der Waals surface area contributed by atoms with Crippen LogP contribution < -0.4 is 5.56 Å². The zero-order chi connectivity index (χ0) is 12.3. The number of aryl methyl sites for hydroxylation is 1. The minimum absolute atomic E-state index is 0.151. The average molecular weight is 242 g/mol. The monoisotopic (exact) mass is 242 g/mol. The molecule has 1 heterocycles. The van der Waals surface area contributed by atoms with Gasteiger partial charge in [-0.25, -0.2) is 4.98 Å². The third kappa shape index (κ3) is 3.37. The molecule has 0 fully saturated rings. The second-order valence-corrected chi connectivity index (χ2v) is 5.01. The zero-order valence-electron chi connectivity index (χ0n) is 9.35. The van der Waals surface area contributed by atoms with Crippen molar-refractivity contribution < 1.29 is 9.90 Å². The Morgan fingerprint density at radius 3 is 2.69 bits per heavy atom. The van der Waals surface area contributed by atoms with Crippen molar-refractivity contribution in [1.29, 1.82) is 0 Å². The van der Waals surface area contributed by atoms with Gasteiger partial charge in [0.15, 0.2) is 5.16 Å². The SMILES string of the molecule is Cc1cc(=O)[nH]c(SC(C)C(C)C(=O)O)n1. The standard InChI is InChI=1S/C10H14N2O3S/c1-5-4-8(13)12-10(11-5)16-7(3)6(2)9(14)15/h4,6-7H,1-3H3,(H,14,15)(H,11,12,13). The van der Waals surface area contributed by atoms with Gasteiger partial charge in [0.25, 0.3) is 5.56 Å². The van der Waals surface area contributed by atoms with E-state index >= 15 is 0 Å². The summed E-state index contributed by atoms with van der Waals surface area (Å²) < 4.78 is 0. The van der Waals surface area contributed by atoms with Gasteiger partial charge in [0.1, 0.15) is 0 Å². The molecular formula is C10H14N2O3S. The van der Waals surface area contributed by atoms with Gasteiger partial charge in [0.05, 0.1) is 5.92 Å². The molecule has 0 saturated heterocycles. The Labute approximate surface area is 97.3 Å². The van der Waals surface area contributed by atoms with E-state index in [2.05, 4.69) is 9.97 Å². The van der Waals surface area contributed by atoms with Crippen LogP contribution in [0.15, 0.2) is 16.0 Å². The minimum atomic E-state index is -0.852. The lowest BCUT2D eigenvalue weighted by atomic mass is 10.1. The quantitative estimate of drug-likeness (QED) is 0.614.